The number of nitrogen functional groups attached to an aromatic ring is 1. The Kier molecular flexibility index (Phi) is 3.15. The van der Waals surface area contributed by atoms with E-state index < -0.39 is 5.60 Å². The molecule has 0 fully saturated rings. The van der Waals surface area contributed by atoms with Crippen molar-refractivity contribution in [3.63, 3.8) is 0 Å². The first kappa shape index (κ1) is 12.7. The molecule has 2 heterocycles. The van der Waals surface area contributed by atoms with Gasteiger partial charge in [-0.2, -0.15) is 0 Å². The normalized spacial score (nSPS) is 15.2. The number of aryl methyl sites for hydroxylation is 1. The molecule has 0 saturated heterocycles. The lowest BCUT2D eigenvalue weighted by molar-refractivity contribution is 0.0577. The Morgan fingerprint density at radius 2 is 2.22 bits per heavy atom. The Morgan fingerprint density at radius 1 is 1.50 bits per heavy atom. The minimum Gasteiger partial charge on any atom is -0.443 e. The molecule has 0 aromatic carbocycles. The molecule has 1 aliphatic rings. The molecule has 5 nitrogen and oxygen atoms in total. The predicted octanol–water partition coefficient (Wildman–Crippen LogP) is 2.35. The van der Waals surface area contributed by atoms with Crippen LogP contribution in [0.3, 0.4) is 0 Å². The largest absolute Gasteiger partial charge is 0.443 e. The maximum absolute atomic E-state index is 12.1. The quantitative estimate of drug-likeness (QED) is 0.766. The molecule has 2 N–H and O–H groups in total. The van der Waals surface area contributed by atoms with E-state index in [-0.39, 0.29) is 6.09 Å². The van der Waals surface area contributed by atoms with E-state index in [2.05, 4.69) is 4.98 Å². The highest BCUT2D eigenvalue weighted by Gasteiger charge is 2.27. The van der Waals surface area contributed by atoms with Gasteiger partial charge in [0.05, 0.1) is 23.3 Å². The molecule has 98 valence electrons. The van der Waals surface area contributed by atoms with E-state index in [0.29, 0.717) is 12.2 Å². The molecular weight excluding hydrogens is 230 g/mol. The van der Waals surface area contributed by atoms with Crippen LogP contribution in [0.4, 0.5) is 16.2 Å². The van der Waals surface area contributed by atoms with Crippen LogP contribution >= 0.6 is 0 Å². The number of rotatable bonds is 0. The molecule has 0 bridgehead atoms. The molecule has 1 aromatic heterocycles. The lowest BCUT2D eigenvalue weighted by Gasteiger charge is -2.31. The van der Waals surface area contributed by atoms with Crippen LogP contribution in [0.5, 0.6) is 0 Å². The summed E-state index contributed by atoms with van der Waals surface area (Å²) in [7, 11) is 0. The van der Waals surface area contributed by atoms with Crippen LogP contribution in [0.25, 0.3) is 0 Å². The molecule has 18 heavy (non-hydrogen) atoms. The number of carbonyl (C=O) groups is 1. The average Bonchev–Trinajstić information content (AvgIpc) is 2.25. The number of nitrogens with zero attached hydrogens (tertiary/aromatic N) is 2. The highest BCUT2D eigenvalue weighted by atomic mass is 16.6. The van der Waals surface area contributed by atoms with Crippen molar-refractivity contribution < 1.29 is 9.53 Å². The molecule has 1 aromatic rings. The summed E-state index contributed by atoms with van der Waals surface area (Å²) >= 11 is 0. The predicted molar refractivity (Wildman–Crippen MR) is 70.6 cm³/mol. The second-order valence-electron chi connectivity index (χ2n) is 5.47. The monoisotopic (exact) mass is 249 g/mol. The first-order valence-corrected chi connectivity index (χ1v) is 6.12. The van der Waals surface area contributed by atoms with Crippen LogP contribution in [-0.4, -0.2) is 23.2 Å². The Balaban J connectivity index is 2.27. The number of carbonyl (C=O) groups excluding carboxylic acids is 1. The van der Waals surface area contributed by atoms with Crippen molar-refractivity contribution in [2.24, 2.45) is 0 Å². The maximum atomic E-state index is 12.1. The molecule has 0 aliphatic carbocycles. The molecule has 0 radical (unpaired) electrons. The lowest BCUT2D eigenvalue weighted by Crippen LogP contribution is -2.40. The van der Waals surface area contributed by atoms with E-state index in [0.717, 1.165) is 24.2 Å². The number of anilines is 2. The van der Waals surface area contributed by atoms with Crippen molar-refractivity contribution in [3.05, 3.63) is 18.0 Å². The van der Waals surface area contributed by atoms with Crippen molar-refractivity contribution in [2.45, 2.75) is 39.2 Å². The zero-order valence-corrected chi connectivity index (χ0v) is 11.1. The molecule has 1 amide bonds. The average molecular weight is 249 g/mol. The Hall–Kier alpha value is -1.78. The summed E-state index contributed by atoms with van der Waals surface area (Å²) in [6.07, 6.45) is 3.05. The number of fused-ring (bicyclic) bond motifs is 1. The van der Waals surface area contributed by atoms with Gasteiger partial charge in [-0.1, -0.05) is 0 Å². The summed E-state index contributed by atoms with van der Waals surface area (Å²) in [4.78, 5) is 18.0. The minimum absolute atomic E-state index is 0.337. The lowest BCUT2D eigenvalue weighted by atomic mass is 10.1. The van der Waals surface area contributed by atoms with Gasteiger partial charge < -0.3 is 10.5 Å². The Morgan fingerprint density at radius 3 is 2.89 bits per heavy atom. The summed E-state index contributed by atoms with van der Waals surface area (Å²) in [6.45, 7) is 6.21. The first-order valence-electron chi connectivity index (χ1n) is 6.12. The van der Waals surface area contributed by atoms with E-state index >= 15 is 0 Å². The molecular formula is C13H19N3O2. The SMILES string of the molecule is CC(C)(C)OC(=O)N1CCCc2ncc(N)cc21. The van der Waals surface area contributed by atoms with Crippen LogP contribution in [0.15, 0.2) is 12.3 Å². The number of nitrogens with two attached hydrogens (primary N) is 1. The topological polar surface area (TPSA) is 68.5 Å². The third-order valence-corrected chi connectivity index (χ3v) is 2.67. The third kappa shape index (κ3) is 2.72. The van der Waals surface area contributed by atoms with Gasteiger partial charge in [0.25, 0.3) is 0 Å². The second-order valence-corrected chi connectivity index (χ2v) is 5.47. The summed E-state index contributed by atoms with van der Waals surface area (Å²) in [5.74, 6) is 0. The fourth-order valence-electron chi connectivity index (χ4n) is 1.96. The highest BCUT2D eigenvalue weighted by molar-refractivity contribution is 5.89. The fraction of sp³-hybridized carbons (Fsp3) is 0.538. The second kappa shape index (κ2) is 4.48. The van der Waals surface area contributed by atoms with Crippen LogP contribution in [-0.2, 0) is 11.2 Å². The first-order chi connectivity index (χ1) is 8.37. The number of hydrogen-bond donors (Lipinski definition) is 1. The van der Waals surface area contributed by atoms with Gasteiger partial charge in [-0.05, 0) is 39.7 Å². The number of amides is 1. The van der Waals surface area contributed by atoms with Crippen molar-refractivity contribution in [2.75, 3.05) is 17.2 Å². The van der Waals surface area contributed by atoms with Crippen LogP contribution < -0.4 is 10.6 Å². The maximum Gasteiger partial charge on any atom is 0.414 e. The number of hydrogen-bond acceptors (Lipinski definition) is 4. The third-order valence-electron chi connectivity index (χ3n) is 2.67. The van der Waals surface area contributed by atoms with Gasteiger partial charge in [-0.25, -0.2) is 4.79 Å². The molecule has 0 unspecified atom stereocenters. The van der Waals surface area contributed by atoms with Crippen molar-refractivity contribution >= 4 is 17.5 Å². The van der Waals surface area contributed by atoms with Crippen molar-refractivity contribution in [3.8, 4) is 0 Å². The summed E-state index contributed by atoms with van der Waals surface area (Å²) in [6, 6.07) is 1.78. The van der Waals surface area contributed by atoms with Gasteiger partial charge in [0.2, 0.25) is 0 Å². The van der Waals surface area contributed by atoms with E-state index in [1.165, 1.54) is 0 Å². The van der Waals surface area contributed by atoms with Gasteiger partial charge in [0.15, 0.2) is 0 Å². The molecule has 0 atom stereocenters. The molecule has 0 saturated carbocycles. The zero-order chi connectivity index (χ0) is 13.3. The molecule has 2 rings (SSSR count). The van der Waals surface area contributed by atoms with E-state index in [9.17, 15) is 4.79 Å². The van der Waals surface area contributed by atoms with E-state index in [1.54, 1.807) is 17.2 Å². The molecule has 0 spiro atoms. The Bertz CT molecular complexity index is 466. The van der Waals surface area contributed by atoms with Gasteiger partial charge in [0, 0.05) is 6.54 Å². The van der Waals surface area contributed by atoms with Crippen LogP contribution in [0.2, 0.25) is 0 Å². The van der Waals surface area contributed by atoms with Crippen LogP contribution in [0, 0.1) is 0 Å². The fourth-order valence-corrected chi connectivity index (χ4v) is 1.96. The van der Waals surface area contributed by atoms with Crippen molar-refractivity contribution in [1.82, 2.24) is 4.98 Å². The van der Waals surface area contributed by atoms with Gasteiger partial charge in [-0.3, -0.25) is 9.88 Å². The summed E-state index contributed by atoms with van der Waals surface area (Å²) < 4.78 is 5.39. The van der Waals surface area contributed by atoms with Gasteiger partial charge in [-0.15, -0.1) is 0 Å². The van der Waals surface area contributed by atoms with Gasteiger partial charge >= 0.3 is 6.09 Å². The Labute approximate surface area is 107 Å². The summed E-state index contributed by atoms with van der Waals surface area (Å²) in [5.41, 5.74) is 7.47. The zero-order valence-electron chi connectivity index (χ0n) is 11.1. The molecule has 1 aliphatic heterocycles. The summed E-state index contributed by atoms with van der Waals surface area (Å²) in [5, 5.41) is 0. The smallest absolute Gasteiger partial charge is 0.414 e. The number of aromatic nitrogens is 1. The van der Waals surface area contributed by atoms with Crippen molar-refractivity contribution in [1.29, 1.82) is 0 Å². The van der Waals surface area contributed by atoms with Crippen LogP contribution in [0.1, 0.15) is 32.9 Å². The minimum atomic E-state index is -0.498. The van der Waals surface area contributed by atoms with Gasteiger partial charge in [0.1, 0.15) is 5.60 Å². The standard InChI is InChI=1S/C13H19N3O2/c1-13(2,3)18-12(17)16-6-4-5-10-11(16)7-9(14)8-15-10/h7-8H,4-6,14H2,1-3H3. The molecule has 5 heteroatoms. The number of pyridine rings is 1. The number of ether oxygens (including phenoxy) is 1. The van der Waals surface area contributed by atoms with E-state index in [1.807, 2.05) is 20.8 Å². The highest BCUT2D eigenvalue weighted by Crippen LogP contribution is 2.28. The van der Waals surface area contributed by atoms with E-state index in [4.69, 9.17) is 10.5 Å².